The Morgan fingerprint density at radius 1 is 1.19 bits per heavy atom. The molecule has 0 saturated carbocycles. The van der Waals surface area contributed by atoms with Crippen LogP contribution in [-0.2, 0) is 23.1 Å². The van der Waals surface area contributed by atoms with Gasteiger partial charge in [0.15, 0.2) is 0 Å². The van der Waals surface area contributed by atoms with E-state index in [2.05, 4.69) is 4.74 Å². The quantitative estimate of drug-likeness (QED) is 0.340. The molecule has 0 spiro atoms. The summed E-state index contributed by atoms with van der Waals surface area (Å²) < 4.78 is 64.9. The van der Waals surface area contributed by atoms with E-state index in [1.165, 1.54) is 0 Å². The van der Waals surface area contributed by atoms with Gasteiger partial charge in [-0.05, 0) is 12.8 Å². The van der Waals surface area contributed by atoms with Gasteiger partial charge >= 0.3 is 19.7 Å². The molecule has 0 aliphatic carbocycles. The first-order valence-electron chi connectivity index (χ1n) is 6.38. The Balaban J connectivity index is 5.01. The summed E-state index contributed by atoms with van der Waals surface area (Å²) in [4.78, 5) is 11.0. The van der Waals surface area contributed by atoms with E-state index in [1.54, 1.807) is 13.8 Å². The zero-order chi connectivity index (χ0) is 16.5. The third-order valence-electron chi connectivity index (χ3n) is 2.12. The lowest BCUT2D eigenvalue weighted by Crippen LogP contribution is -2.37. The fraction of sp³-hybridized carbons (Fsp3) is 0.909. The second kappa shape index (κ2) is 9.66. The molecule has 0 heterocycles. The lowest BCUT2D eigenvalue weighted by Gasteiger charge is -2.25. The Morgan fingerprint density at radius 3 is 2.00 bits per heavy atom. The maximum Gasteiger partial charge on any atom is 0.426 e. The summed E-state index contributed by atoms with van der Waals surface area (Å²) in [6.07, 6.45) is -7.64. The fourth-order valence-corrected chi connectivity index (χ4v) is 3.16. The van der Waals surface area contributed by atoms with Crippen LogP contribution in [0.25, 0.3) is 0 Å². The number of ether oxygens (including phenoxy) is 1. The van der Waals surface area contributed by atoms with Crippen molar-refractivity contribution in [2.75, 3.05) is 25.3 Å². The number of alkyl halides is 4. The van der Waals surface area contributed by atoms with Gasteiger partial charge in [-0.3, -0.25) is 9.36 Å². The van der Waals surface area contributed by atoms with Crippen LogP contribution in [0.3, 0.4) is 0 Å². The molecule has 0 aromatic heterocycles. The molecule has 0 aromatic carbocycles. The molecule has 1 atom stereocenters. The molecule has 10 heteroatoms. The van der Waals surface area contributed by atoms with Gasteiger partial charge < -0.3 is 13.8 Å². The first kappa shape index (κ1) is 20.7. The fourth-order valence-electron chi connectivity index (χ4n) is 1.20. The van der Waals surface area contributed by atoms with Gasteiger partial charge in [0.1, 0.15) is 5.88 Å². The summed E-state index contributed by atoms with van der Waals surface area (Å²) in [5, 5.41) is 0. The Morgan fingerprint density at radius 2 is 1.67 bits per heavy atom. The lowest BCUT2D eigenvalue weighted by atomic mass is 10.4. The molecule has 21 heavy (non-hydrogen) atoms. The number of halogens is 4. The Bertz CT molecular complexity index is 352. The summed E-state index contributed by atoms with van der Waals surface area (Å²) in [7, 11) is -4.01. The topological polar surface area (TPSA) is 61.8 Å². The van der Waals surface area contributed by atoms with Crippen LogP contribution >= 0.6 is 19.2 Å². The van der Waals surface area contributed by atoms with E-state index in [-0.39, 0.29) is 13.2 Å². The molecule has 0 radical (unpaired) electrons. The first-order valence-corrected chi connectivity index (χ1v) is 8.65. The zero-order valence-electron chi connectivity index (χ0n) is 11.8. The molecular weight excluding hydrogens is 336 g/mol. The smallest absolute Gasteiger partial charge is 0.426 e. The van der Waals surface area contributed by atoms with Gasteiger partial charge in [-0.2, -0.15) is 13.2 Å². The summed E-state index contributed by atoms with van der Waals surface area (Å²) >= 11 is 5.11. The average molecular weight is 355 g/mol. The van der Waals surface area contributed by atoms with E-state index in [1.807, 2.05) is 0 Å². The average Bonchev–Trinajstić information content (AvgIpc) is 2.41. The van der Waals surface area contributed by atoms with Gasteiger partial charge in [0.05, 0.1) is 19.4 Å². The summed E-state index contributed by atoms with van der Waals surface area (Å²) in [5.74, 6) is -1.99. The predicted octanol–water partition coefficient (Wildman–Crippen LogP) is 3.75. The van der Waals surface area contributed by atoms with Gasteiger partial charge in [0.25, 0.3) is 0 Å². The van der Waals surface area contributed by atoms with Crippen molar-refractivity contribution < 1.29 is 36.3 Å². The molecule has 0 saturated heterocycles. The largest absolute Gasteiger partial charge is 0.451 e. The first-order chi connectivity index (χ1) is 9.68. The molecule has 0 bridgehead atoms. The summed E-state index contributed by atoms with van der Waals surface area (Å²) in [6, 6.07) is 0. The standard InChI is InChI=1S/C11H19ClF3O5P/c1-3-5-18-21(17,19-6-4-2)8-9(11(13,14)15)20-10(16)7-12/h9H,3-8H2,1-2H3. The lowest BCUT2D eigenvalue weighted by molar-refractivity contribution is -0.214. The van der Waals surface area contributed by atoms with Crippen LogP contribution in [0.1, 0.15) is 26.7 Å². The minimum absolute atomic E-state index is 0.0188. The number of rotatable bonds is 10. The van der Waals surface area contributed by atoms with E-state index in [0.717, 1.165) is 0 Å². The normalized spacial score (nSPS) is 14.0. The molecule has 126 valence electrons. The minimum atomic E-state index is -4.89. The van der Waals surface area contributed by atoms with E-state index in [9.17, 15) is 22.5 Å². The predicted molar refractivity (Wildman–Crippen MR) is 71.6 cm³/mol. The van der Waals surface area contributed by atoms with Gasteiger partial charge in [0, 0.05) is 0 Å². The van der Waals surface area contributed by atoms with Gasteiger partial charge in [0.2, 0.25) is 6.10 Å². The van der Waals surface area contributed by atoms with Crippen molar-refractivity contribution in [3.05, 3.63) is 0 Å². The third kappa shape index (κ3) is 8.66. The molecule has 0 aromatic rings. The highest BCUT2D eigenvalue weighted by Gasteiger charge is 2.47. The van der Waals surface area contributed by atoms with Crippen LogP contribution in [0, 0.1) is 0 Å². The van der Waals surface area contributed by atoms with E-state index in [0.29, 0.717) is 12.8 Å². The van der Waals surface area contributed by atoms with Crippen LogP contribution in [0.15, 0.2) is 0 Å². The monoisotopic (exact) mass is 354 g/mol. The van der Waals surface area contributed by atoms with Gasteiger partial charge in [-0.1, -0.05) is 13.8 Å². The molecular formula is C11H19ClF3O5P. The van der Waals surface area contributed by atoms with Crippen LogP contribution in [0.2, 0.25) is 0 Å². The van der Waals surface area contributed by atoms with Crippen molar-refractivity contribution in [3.63, 3.8) is 0 Å². The number of carbonyl (C=O) groups is 1. The maximum atomic E-state index is 12.8. The molecule has 0 N–H and O–H groups in total. The van der Waals surface area contributed by atoms with Crippen molar-refractivity contribution in [2.45, 2.75) is 39.0 Å². The summed E-state index contributed by atoms with van der Waals surface area (Å²) in [5.41, 5.74) is 0. The highest BCUT2D eigenvalue weighted by Crippen LogP contribution is 2.51. The zero-order valence-corrected chi connectivity index (χ0v) is 13.5. The maximum absolute atomic E-state index is 12.8. The van der Waals surface area contributed by atoms with E-state index in [4.69, 9.17) is 20.6 Å². The van der Waals surface area contributed by atoms with E-state index < -0.39 is 37.9 Å². The minimum Gasteiger partial charge on any atom is -0.451 e. The summed E-state index contributed by atoms with van der Waals surface area (Å²) in [6.45, 7) is 3.38. The van der Waals surface area contributed by atoms with Crippen molar-refractivity contribution >= 4 is 25.2 Å². The highest BCUT2D eigenvalue weighted by molar-refractivity contribution is 7.53. The van der Waals surface area contributed by atoms with Gasteiger partial charge in [-0.15, -0.1) is 11.6 Å². The van der Waals surface area contributed by atoms with Crippen LogP contribution in [0.4, 0.5) is 13.2 Å². The third-order valence-corrected chi connectivity index (χ3v) is 4.27. The molecule has 5 nitrogen and oxygen atoms in total. The van der Waals surface area contributed by atoms with Crippen molar-refractivity contribution in [1.29, 1.82) is 0 Å². The second-order valence-corrected chi connectivity index (χ2v) is 6.48. The second-order valence-electron chi connectivity index (χ2n) is 4.11. The number of carbonyl (C=O) groups excluding carboxylic acids is 1. The molecule has 0 amide bonds. The molecule has 0 aliphatic heterocycles. The molecule has 0 rings (SSSR count). The molecule has 1 unspecified atom stereocenters. The Hall–Kier alpha value is -0.300. The van der Waals surface area contributed by atoms with Crippen LogP contribution < -0.4 is 0 Å². The number of hydrogen-bond donors (Lipinski definition) is 0. The number of hydrogen-bond acceptors (Lipinski definition) is 5. The van der Waals surface area contributed by atoms with Crippen molar-refractivity contribution in [1.82, 2.24) is 0 Å². The van der Waals surface area contributed by atoms with Crippen LogP contribution in [-0.4, -0.2) is 43.5 Å². The SMILES string of the molecule is CCCOP(=O)(CC(OC(=O)CCl)C(F)(F)F)OCCC. The molecule has 0 fully saturated rings. The van der Waals surface area contributed by atoms with Gasteiger partial charge in [-0.25, -0.2) is 0 Å². The van der Waals surface area contributed by atoms with Crippen molar-refractivity contribution in [3.8, 4) is 0 Å². The highest BCUT2D eigenvalue weighted by atomic mass is 35.5. The molecule has 0 aliphatic rings. The Labute approximate surface area is 126 Å². The van der Waals surface area contributed by atoms with Crippen molar-refractivity contribution in [2.24, 2.45) is 0 Å². The Kier molecular flexibility index (Phi) is 9.53. The number of esters is 1. The van der Waals surface area contributed by atoms with Crippen LogP contribution in [0.5, 0.6) is 0 Å². The van der Waals surface area contributed by atoms with E-state index >= 15 is 0 Å².